The van der Waals surface area contributed by atoms with Crippen molar-refractivity contribution in [3.8, 4) is 0 Å². The van der Waals surface area contributed by atoms with Crippen LogP contribution in [0, 0.1) is 5.92 Å². The summed E-state index contributed by atoms with van der Waals surface area (Å²) in [4.78, 5) is 4.42. The van der Waals surface area contributed by atoms with Crippen molar-refractivity contribution in [2.75, 3.05) is 12.9 Å². The van der Waals surface area contributed by atoms with Gasteiger partial charge >= 0.3 is 0 Å². The van der Waals surface area contributed by atoms with Crippen LogP contribution in [-0.4, -0.2) is 36.0 Å². The van der Waals surface area contributed by atoms with Crippen molar-refractivity contribution in [3.05, 3.63) is 11.6 Å². The summed E-state index contributed by atoms with van der Waals surface area (Å²) in [6, 6.07) is -0.262. The third kappa shape index (κ3) is 3.44. The Labute approximate surface area is 125 Å². The Hall–Kier alpha value is -0.990. The van der Waals surface area contributed by atoms with E-state index < -0.39 is 10.0 Å². The molecule has 1 fully saturated rings. The van der Waals surface area contributed by atoms with E-state index in [9.17, 15) is 8.42 Å². The molecule has 7 nitrogen and oxygen atoms in total. The molecule has 0 aromatic carbocycles. The summed E-state index contributed by atoms with van der Waals surface area (Å²) in [5.74, 6) is 1.89. The second-order valence-corrected chi connectivity index (χ2v) is 7.73. The molecule has 2 aliphatic rings. The van der Waals surface area contributed by atoms with Gasteiger partial charge in [-0.05, 0) is 31.6 Å². The molecular weight excluding hydrogens is 292 g/mol. The zero-order chi connectivity index (χ0) is 14.9. The minimum atomic E-state index is -3.25. The van der Waals surface area contributed by atoms with Crippen molar-refractivity contribution < 1.29 is 13.2 Å². The maximum atomic E-state index is 12.3. The van der Waals surface area contributed by atoms with Gasteiger partial charge in [0.25, 0.3) is 0 Å². The van der Waals surface area contributed by atoms with E-state index in [1.54, 1.807) is 11.8 Å². The first-order valence-electron chi connectivity index (χ1n) is 7.50. The maximum absolute atomic E-state index is 12.3. The first-order chi connectivity index (χ1) is 10.1. The Kier molecular flexibility index (Phi) is 4.28. The van der Waals surface area contributed by atoms with Gasteiger partial charge in [-0.1, -0.05) is 6.42 Å². The number of ether oxygens (including phenoxy) is 1. The molecule has 0 bridgehead atoms. The lowest BCUT2D eigenvalue weighted by Gasteiger charge is -2.27. The van der Waals surface area contributed by atoms with E-state index in [-0.39, 0.29) is 11.8 Å². The second kappa shape index (κ2) is 6.02. The summed E-state index contributed by atoms with van der Waals surface area (Å²) in [6.45, 7) is 1.13. The summed E-state index contributed by atoms with van der Waals surface area (Å²) < 4.78 is 34.2. The van der Waals surface area contributed by atoms with Gasteiger partial charge in [-0.3, -0.25) is 0 Å². The van der Waals surface area contributed by atoms with Gasteiger partial charge < -0.3 is 4.74 Å². The van der Waals surface area contributed by atoms with E-state index in [0.29, 0.717) is 24.2 Å². The molecule has 0 unspecified atom stereocenters. The molecule has 3 rings (SSSR count). The number of aryl methyl sites for hydroxylation is 1. The van der Waals surface area contributed by atoms with Gasteiger partial charge in [0.05, 0.1) is 11.8 Å². The molecule has 1 atom stereocenters. The van der Waals surface area contributed by atoms with E-state index in [4.69, 9.17) is 4.74 Å². The largest absolute Gasteiger partial charge is 0.377 e. The molecular formula is C13H22N4O3S. The van der Waals surface area contributed by atoms with Crippen LogP contribution >= 0.6 is 0 Å². The summed E-state index contributed by atoms with van der Waals surface area (Å²) in [7, 11) is -1.65. The standard InChI is InChI=1S/C13H22N4O3S/c1-20-8-12-14-13-11(6-3-7-17(13)15-12)16-21(18,19)9-10-4-2-5-10/h10-11,16H,2-9H2,1H3/t11-/m0/s1. The average Bonchev–Trinajstić information content (AvgIpc) is 2.78. The third-order valence-electron chi connectivity index (χ3n) is 4.19. The van der Waals surface area contributed by atoms with Crippen molar-refractivity contribution in [1.29, 1.82) is 0 Å². The SMILES string of the molecule is COCc1nc2n(n1)CCC[C@@H]2NS(=O)(=O)CC1CCC1. The number of hydrogen-bond acceptors (Lipinski definition) is 5. The number of nitrogens with zero attached hydrogens (tertiary/aromatic N) is 3. The summed E-state index contributed by atoms with van der Waals surface area (Å²) in [5, 5.41) is 4.35. The lowest BCUT2D eigenvalue weighted by Crippen LogP contribution is -2.37. The minimum Gasteiger partial charge on any atom is -0.377 e. The summed E-state index contributed by atoms with van der Waals surface area (Å²) in [5.41, 5.74) is 0. The smallest absolute Gasteiger partial charge is 0.212 e. The molecule has 1 aliphatic heterocycles. The Morgan fingerprint density at radius 3 is 2.81 bits per heavy atom. The van der Waals surface area contributed by atoms with Crippen LogP contribution in [0.25, 0.3) is 0 Å². The number of fused-ring (bicyclic) bond motifs is 1. The van der Waals surface area contributed by atoms with Crippen LogP contribution in [0.15, 0.2) is 0 Å². The topological polar surface area (TPSA) is 86.1 Å². The van der Waals surface area contributed by atoms with Crippen LogP contribution in [0.1, 0.15) is 49.8 Å². The number of methoxy groups -OCH3 is 1. The zero-order valence-corrected chi connectivity index (χ0v) is 13.1. The molecule has 0 spiro atoms. The molecule has 1 aromatic rings. The Bertz CT molecular complexity index is 595. The normalized spacial score (nSPS) is 22.8. The van der Waals surface area contributed by atoms with Gasteiger partial charge in [-0.25, -0.2) is 22.8 Å². The molecule has 118 valence electrons. The lowest BCUT2D eigenvalue weighted by molar-refractivity contribution is 0.177. The van der Waals surface area contributed by atoms with Crippen LogP contribution < -0.4 is 4.72 Å². The number of sulfonamides is 1. The van der Waals surface area contributed by atoms with E-state index >= 15 is 0 Å². The van der Waals surface area contributed by atoms with Crippen LogP contribution in [0.2, 0.25) is 0 Å². The molecule has 0 amide bonds. The summed E-state index contributed by atoms with van der Waals surface area (Å²) in [6.07, 6.45) is 4.88. The van der Waals surface area contributed by atoms with Crippen molar-refractivity contribution in [2.24, 2.45) is 5.92 Å². The van der Waals surface area contributed by atoms with Gasteiger partial charge in [-0.15, -0.1) is 0 Å². The number of hydrogen-bond donors (Lipinski definition) is 1. The van der Waals surface area contributed by atoms with Gasteiger partial charge in [-0.2, -0.15) is 5.10 Å². The minimum absolute atomic E-state index is 0.239. The number of nitrogens with one attached hydrogen (secondary N) is 1. The van der Waals surface area contributed by atoms with Crippen LogP contribution in [-0.2, 0) is 27.9 Å². The van der Waals surface area contributed by atoms with E-state index in [0.717, 1.165) is 38.6 Å². The van der Waals surface area contributed by atoms with Gasteiger partial charge in [0.2, 0.25) is 10.0 Å². The Morgan fingerprint density at radius 1 is 1.33 bits per heavy atom. The van der Waals surface area contributed by atoms with E-state index in [1.807, 2.05) is 0 Å². The first-order valence-corrected chi connectivity index (χ1v) is 9.15. The van der Waals surface area contributed by atoms with Crippen molar-refractivity contribution in [1.82, 2.24) is 19.5 Å². The van der Waals surface area contributed by atoms with Crippen molar-refractivity contribution in [3.63, 3.8) is 0 Å². The fourth-order valence-electron chi connectivity index (χ4n) is 2.94. The third-order valence-corrected chi connectivity index (χ3v) is 5.75. The molecule has 0 saturated heterocycles. The van der Waals surface area contributed by atoms with E-state index in [1.165, 1.54) is 0 Å². The number of rotatable bonds is 6. The molecule has 2 heterocycles. The molecule has 1 aliphatic carbocycles. The monoisotopic (exact) mass is 314 g/mol. The van der Waals surface area contributed by atoms with Gasteiger partial charge in [0.15, 0.2) is 5.82 Å². The molecule has 1 saturated carbocycles. The van der Waals surface area contributed by atoms with Crippen LogP contribution in [0.5, 0.6) is 0 Å². The molecule has 1 aromatic heterocycles. The van der Waals surface area contributed by atoms with Gasteiger partial charge in [0.1, 0.15) is 12.4 Å². The Morgan fingerprint density at radius 2 is 2.14 bits per heavy atom. The van der Waals surface area contributed by atoms with Gasteiger partial charge in [0, 0.05) is 13.7 Å². The first kappa shape index (κ1) is 14.9. The van der Waals surface area contributed by atoms with Crippen LogP contribution in [0.3, 0.4) is 0 Å². The predicted octanol–water partition coefficient (Wildman–Crippen LogP) is 0.979. The zero-order valence-electron chi connectivity index (χ0n) is 12.3. The Balaban J connectivity index is 1.71. The highest BCUT2D eigenvalue weighted by molar-refractivity contribution is 7.89. The lowest BCUT2D eigenvalue weighted by atomic mass is 9.87. The molecule has 0 radical (unpaired) electrons. The average molecular weight is 314 g/mol. The highest BCUT2D eigenvalue weighted by atomic mass is 32.2. The molecule has 21 heavy (non-hydrogen) atoms. The quantitative estimate of drug-likeness (QED) is 0.846. The highest BCUT2D eigenvalue weighted by Crippen LogP contribution is 2.29. The van der Waals surface area contributed by atoms with Crippen molar-refractivity contribution in [2.45, 2.75) is 51.3 Å². The fraction of sp³-hybridized carbons (Fsp3) is 0.846. The molecule has 8 heteroatoms. The van der Waals surface area contributed by atoms with Crippen LogP contribution in [0.4, 0.5) is 0 Å². The van der Waals surface area contributed by atoms with Crippen molar-refractivity contribution >= 4 is 10.0 Å². The second-order valence-electron chi connectivity index (χ2n) is 5.93. The maximum Gasteiger partial charge on any atom is 0.212 e. The summed E-state index contributed by atoms with van der Waals surface area (Å²) >= 11 is 0. The number of aromatic nitrogens is 3. The fourth-order valence-corrected chi connectivity index (χ4v) is 4.64. The highest BCUT2D eigenvalue weighted by Gasteiger charge is 2.30. The molecule has 1 N–H and O–H groups in total. The predicted molar refractivity (Wildman–Crippen MR) is 77.0 cm³/mol. The van der Waals surface area contributed by atoms with E-state index in [2.05, 4.69) is 14.8 Å².